The molecule has 30 heavy (non-hydrogen) atoms. The molecule has 1 heterocycles. The van der Waals surface area contributed by atoms with Crippen molar-refractivity contribution in [3.63, 3.8) is 0 Å². The number of hydrogen-bond donors (Lipinski definition) is 1. The lowest BCUT2D eigenvalue weighted by Gasteiger charge is -2.31. The SMILES string of the molecule is CC(C)c1ccccc1OCCNC(=O)C1CCN(Cc2c(F)cccc2Cl)CC1. The van der Waals surface area contributed by atoms with Crippen LogP contribution in [0, 0.1) is 11.7 Å². The van der Waals surface area contributed by atoms with Crippen molar-refractivity contribution in [2.24, 2.45) is 5.92 Å². The van der Waals surface area contributed by atoms with Crippen LogP contribution in [0.4, 0.5) is 4.39 Å². The quantitative estimate of drug-likeness (QED) is 0.596. The van der Waals surface area contributed by atoms with Gasteiger partial charge >= 0.3 is 0 Å². The van der Waals surface area contributed by atoms with E-state index in [2.05, 4.69) is 30.1 Å². The zero-order chi connectivity index (χ0) is 21.5. The number of halogens is 2. The Labute approximate surface area is 183 Å². The molecule has 0 atom stereocenters. The second kappa shape index (κ2) is 10.8. The average Bonchev–Trinajstić information content (AvgIpc) is 2.74. The summed E-state index contributed by atoms with van der Waals surface area (Å²) < 4.78 is 19.9. The summed E-state index contributed by atoms with van der Waals surface area (Å²) in [6.45, 7) is 7.17. The van der Waals surface area contributed by atoms with E-state index >= 15 is 0 Å². The van der Waals surface area contributed by atoms with Crippen LogP contribution in [0.15, 0.2) is 42.5 Å². The van der Waals surface area contributed by atoms with Gasteiger partial charge in [-0.3, -0.25) is 9.69 Å². The van der Waals surface area contributed by atoms with E-state index < -0.39 is 0 Å². The van der Waals surface area contributed by atoms with E-state index in [1.165, 1.54) is 11.6 Å². The summed E-state index contributed by atoms with van der Waals surface area (Å²) >= 11 is 6.13. The highest BCUT2D eigenvalue weighted by Gasteiger charge is 2.25. The first-order chi connectivity index (χ1) is 14.5. The Morgan fingerprint density at radius 2 is 1.93 bits per heavy atom. The highest BCUT2D eigenvalue weighted by Crippen LogP contribution is 2.26. The molecule has 1 N–H and O–H groups in total. The summed E-state index contributed by atoms with van der Waals surface area (Å²) in [5.74, 6) is 1.04. The van der Waals surface area contributed by atoms with E-state index in [-0.39, 0.29) is 17.6 Å². The van der Waals surface area contributed by atoms with Crippen molar-refractivity contribution in [3.05, 3.63) is 64.4 Å². The van der Waals surface area contributed by atoms with Crippen molar-refractivity contribution in [2.45, 2.75) is 39.2 Å². The van der Waals surface area contributed by atoms with Crippen LogP contribution in [0.3, 0.4) is 0 Å². The highest BCUT2D eigenvalue weighted by molar-refractivity contribution is 6.31. The molecular weight excluding hydrogens is 403 g/mol. The molecular formula is C24H30ClFN2O2. The molecule has 0 bridgehead atoms. The lowest BCUT2D eigenvalue weighted by atomic mass is 9.95. The van der Waals surface area contributed by atoms with Gasteiger partial charge in [-0.05, 0) is 55.6 Å². The van der Waals surface area contributed by atoms with Crippen LogP contribution in [0.2, 0.25) is 5.02 Å². The Bertz CT molecular complexity index is 831. The molecule has 162 valence electrons. The molecule has 2 aromatic rings. The molecule has 1 aliphatic rings. The van der Waals surface area contributed by atoms with Crippen molar-refractivity contribution in [3.8, 4) is 5.75 Å². The lowest BCUT2D eigenvalue weighted by Crippen LogP contribution is -2.41. The van der Waals surface area contributed by atoms with Crippen LogP contribution in [0.25, 0.3) is 0 Å². The molecule has 3 rings (SSSR count). The number of carbonyl (C=O) groups excluding carboxylic acids is 1. The number of carbonyl (C=O) groups is 1. The van der Waals surface area contributed by atoms with Crippen LogP contribution in [0.1, 0.15) is 43.7 Å². The number of nitrogens with one attached hydrogen (secondary N) is 1. The van der Waals surface area contributed by atoms with Crippen molar-refractivity contribution >= 4 is 17.5 Å². The molecule has 6 heteroatoms. The molecule has 0 radical (unpaired) electrons. The summed E-state index contributed by atoms with van der Waals surface area (Å²) in [5.41, 5.74) is 1.70. The molecule has 2 aromatic carbocycles. The molecule has 0 aromatic heterocycles. The molecule has 1 amide bonds. The molecule has 0 aliphatic carbocycles. The third kappa shape index (κ3) is 5.96. The Hall–Kier alpha value is -2.11. The van der Waals surface area contributed by atoms with Gasteiger partial charge in [-0.15, -0.1) is 0 Å². The van der Waals surface area contributed by atoms with Gasteiger partial charge in [0.25, 0.3) is 0 Å². The van der Waals surface area contributed by atoms with Gasteiger partial charge in [-0.1, -0.05) is 49.7 Å². The zero-order valence-corrected chi connectivity index (χ0v) is 18.4. The van der Waals surface area contributed by atoms with Gasteiger partial charge in [0.2, 0.25) is 5.91 Å². The molecule has 1 saturated heterocycles. The number of rotatable bonds is 8. The van der Waals surface area contributed by atoms with Gasteiger partial charge in [0, 0.05) is 23.0 Å². The third-order valence-electron chi connectivity index (χ3n) is 5.60. The van der Waals surface area contributed by atoms with Crippen molar-refractivity contribution in [1.82, 2.24) is 10.2 Å². The standard InChI is InChI=1S/C24H30ClFN2O2/c1-17(2)19-6-3-4-9-23(19)30-15-12-27-24(29)18-10-13-28(14-11-18)16-20-21(25)7-5-8-22(20)26/h3-9,17-18H,10-16H2,1-2H3,(H,27,29). The number of ether oxygens (including phenoxy) is 1. The van der Waals surface area contributed by atoms with Crippen LogP contribution >= 0.6 is 11.6 Å². The fourth-order valence-electron chi connectivity index (χ4n) is 3.83. The molecule has 4 nitrogen and oxygen atoms in total. The number of nitrogens with zero attached hydrogens (tertiary/aromatic N) is 1. The smallest absolute Gasteiger partial charge is 0.223 e. The predicted octanol–water partition coefficient (Wildman–Crippen LogP) is 5.01. The minimum atomic E-state index is -0.276. The fourth-order valence-corrected chi connectivity index (χ4v) is 4.05. The van der Waals surface area contributed by atoms with E-state index in [9.17, 15) is 9.18 Å². The first-order valence-corrected chi connectivity index (χ1v) is 11.0. The molecule has 1 aliphatic heterocycles. The van der Waals surface area contributed by atoms with Gasteiger partial charge in [-0.2, -0.15) is 0 Å². The zero-order valence-electron chi connectivity index (χ0n) is 17.7. The minimum absolute atomic E-state index is 0.0136. The number of amides is 1. The molecule has 1 fully saturated rings. The first-order valence-electron chi connectivity index (χ1n) is 10.6. The van der Waals surface area contributed by atoms with Crippen molar-refractivity contribution in [1.29, 1.82) is 0 Å². The fraction of sp³-hybridized carbons (Fsp3) is 0.458. The van der Waals surface area contributed by atoms with E-state index in [4.69, 9.17) is 16.3 Å². The maximum Gasteiger partial charge on any atom is 0.223 e. The van der Waals surface area contributed by atoms with Gasteiger partial charge in [0.15, 0.2) is 0 Å². The second-order valence-corrected chi connectivity index (χ2v) is 8.49. The first kappa shape index (κ1) is 22.6. The monoisotopic (exact) mass is 432 g/mol. The Kier molecular flexibility index (Phi) is 8.11. The van der Waals surface area contributed by atoms with Gasteiger partial charge in [-0.25, -0.2) is 4.39 Å². The average molecular weight is 433 g/mol. The van der Waals surface area contributed by atoms with E-state index in [1.807, 2.05) is 18.2 Å². The van der Waals surface area contributed by atoms with Crippen LogP contribution in [-0.4, -0.2) is 37.0 Å². The Morgan fingerprint density at radius 3 is 2.63 bits per heavy atom. The Balaban J connectivity index is 1.40. The summed E-state index contributed by atoms with van der Waals surface area (Å²) in [4.78, 5) is 14.6. The summed E-state index contributed by atoms with van der Waals surface area (Å²) in [6.07, 6.45) is 1.52. The Morgan fingerprint density at radius 1 is 1.20 bits per heavy atom. The number of piperidine rings is 1. The molecule has 0 spiro atoms. The topological polar surface area (TPSA) is 41.6 Å². The van der Waals surface area contributed by atoms with Crippen LogP contribution in [0.5, 0.6) is 5.75 Å². The number of benzene rings is 2. The number of likely N-dealkylation sites (tertiary alicyclic amines) is 1. The lowest BCUT2D eigenvalue weighted by molar-refractivity contribution is -0.126. The van der Waals surface area contributed by atoms with Crippen LogP contribution < -0.4 is 10.1 Å². The van der Waals surface area contributed by atoms with Crippen molar-refractivity contribution < 1.29 is 13.9 Å². The summed E-state index contributed by atoms with van der Waals surface area (Å²) in [6, 6.07) is 12.8. The predicted molar refractivity (Wildman–Crippen MR) is 118 cm³/mol. The maximum absolute atomic E-state index is 14.0. The normalized spacial score (nSPS) is 15.4. The molecule has 0 saturated carbocycles. The van der Waals surface area contributed by atoms with Gasteiger partial charge in [0.1, 0.15) is 18.2 Å². The minimum Gasteiger partial charge on any atom is -0.491 e. The van der Waals surface area contributed by atoms with E-state index in [1.54, 1.807) is 12.1 Å². The summed E-state index contributed by atoms with van der Waals surface area (Å²) in [5, 5.41) is 3.44. The van der Waals surface area contributed by atoms with Crippen molar-refractivity contribution in [2.75, 3.05) is 26.2 Å². The third-order valence-corrected chi connectivity index (χ3v) is 5.96. The van der Waals surface area contributed by atoms with Gasteiger partial charge < -0.3 is 10.1 Å². The highest BCUT2D eigenvalue weighted by atomic mass is 35.5. The molecule has 0 unspecified atom stereocenters. The van der Waals surface area contributed by atoms with E-state index in [0.717, 1.165) is 31.7 Å². The van der Waals surface area contributed by atoms with Gasteiger partial charge in [0.05, 0.1) is 6.54 Å². The van der Waals surface area contributed by atoms with Crippen LogP contribution in [-0.2, 0) is 11.3 Å². The number of para-hydroxylation sites is 1. The van der Waals surface area contributed by atoms with E-state index in [0.29, 0.717) is 36.2 Å². The number of hydrogen-bond acceptors (Lipinski definition) is 3. The maximum atomic E-state index is 14.0. The largest absolute Gasteiger partial charge is 0.491 e. The summed E-state index contributed by atoms with van der Waals surface area (Å²) in [7, 11) is 0. The second-order valence-electron chi connectivity index (χ2n) is 8.08.